The Morgan fingerprint density at radius 2 is 2.11 bits per heavy atom. The summed E-state index contributed by atoms with van der Waals surface area (Å²) >= 11 is 5.93. The van der Waals surface area contributed by atoms with Crippen molar-refractivity contribution in [1.29, 1.82) is 0 Å². The Kier molecular flexibility index (Phi) is 4.67. The van der Waals surface area contributed by atoms with Crippen LogP contribution in [0.2, 0.25) is 5.02 Å². The number of hydrogen-bond acceptors (Lipinski definition) is 7. The fourth-order valence-electron chi connectivity index (χ4n) is 3.11. The number of nitrogens with zero attached hydrogens (tertiary/aromatic N) is 4. The highest BCUT2D eigenvalue weighted by molar-refractivity contribution is 6.30. The van der Waals surface area contributed by atoms with Gasteiger partial charge < -0.3 is 15.0 Å². The van der Waals surface area contributed by atoms with Crippen molar-refractivity contribution >= 4 is 17.5 Å². The number of halogens is 1. The molecular weight excluding hydrogens is 370 g/mol. The van der Waals surface area contributed by atoms with Gasteiger partial charge in [0.15, 0.2) is 5.82 Å². The van der Waals surface area contributed by atoms with E-state index in [1.54, 1.807) is 6.92 Å². The molecule has 0 amide bonds. The Morgan fingerprint density at radius 1 is 1.33 bits per heavy atom. The SMILES string of the molecule is Cc1cnc(N)n(Cc2nc([C@@H]3CO[C@@H](c4ccc(Cl)cc4)C3)no2)c1=O. The van der Waals surface area contributed by atoms with E-state index in [0.29, 0.717) is 28.9 Å². The van der Waals surface area contributed by atoms with Crippen LogP contribution in [0.3, 0.4) is 0 Å². The molecule has 8 nitrogen and oxygen atoms in total. The molecule has 3 aromatic rings. The maximum absolute atomic E-state index is 12.2. The molecule has 0 saturated carbocycles. The van der Waals surface area contributed by atoms with Crippen LogP contribution in [0.25, 0.3) is 0 Å². The highest BCUT2D eigenvalue weighted by Crippen LogP contribution is 2.37. The summed E-state index contributed by atoms with van der Waals surface area (Å²) in [4.78, 5) is 20.6. The Morgan fingerprint density at radius 3 is 2.89 bits per heavy atom. The van der Waals surface area contributed by atoms with Gasteiger partial charge in [0.25, 0.3) is 5.56 Å². The molecule has 4 rings (SSSR count). The van der Waals surface area contributed by atoms with Crippen molar-refractivity contribution in [2.24, 2.45) is 0 Å². The molecule has 1 fully saturated rings. The Bertz CT molecular complexity index is 1010. The van der Waals surface area contributed by atoms with Crippen LogP contribution in [0.4, 0.5) is 5.95 Å². The predicted octanol–water partition coefficient (Wildman–Crippen LogP) is 2.46. The van der Waals surface area contributed by atoms with Crippen LogP contribution in [0.15, 0.2) is 39.8 Å². The standard InChI is InChI=1S/C18H18ClN5O3/c1-10-7-21-18(20)24(17(10)25)8-15-22-16(23-27-15)12-6-14(26-9-12)11-2-4-13(19)5-3-11/h2-5,7,12,14H,6,8-9H2,1H3,(H2,20,21)/t12-,14+/m0/s1. The van der Waals surface area contributed by atoms with Crippen molar-refractivity contribution in [2.45, 2.75) is 31.9 Å². The minimum absolute atomic E-state index is 0.0212. The van der Waals surface area contributed by atoms with E-state index in [9.17, 15) is 4.79 Å². The van der Waals surface area contributed by atoms with E-state index >= 15 is 0 Å². The van der Waals surface area contributed by atoms with Crippen LogP contribution in [0, 0.1) is 6.92 Å². The Balaban J connectivity index is 1.48. The highest BCUT2D eigenvalue weighted by atomic mass is 35.5. The maximum atomic E-state index is 12.2. The lowest BCUT2D eigenvalue weighted by atomic mass is 10.0. The molecule has 0 aliphatic carbocycles. The fourth-order valence-corrected chi connectivity index (χ4v) is 3.23. The van der Waals surface area contributed by atoms with Crippen LogP contribution in [0.5, 0.6) is 0 Å². The Labute approximate surface area is 159 Å². The normalized spacial score (nSPS) is 19.5. The van der Waals surface area contributed by atoms with Crippen LogP contribution in [-0.2, 0) is 11.3 Å². The summed E-state index contributed by atoms with van der Waals surface area (Å²) in [5.41, 5.74) is 7.13. The number of benzene rings is 1. The fraction of sp³-hybridized carbons (Fsp3) is 0.333. The van der Waals surface area contributed by atoms with Gasteiger partial charge in [-0.1, -0.05) is 28.9 Å². The smallest absolute Gasteiger partial charge is 0.258 e. The van der Waals surface area contributed by atoms with Crippen molar-refractivity contribution in [2.75, 3.05) is 12.3 Å². The minimum atomic E-state index is -0.228. The average Bonchev–Trinajstić information content (AvgIpc) is 3.32. The van der Waals surface area contributed by atoms with Crippen molar-refractivity contribution in [3.63, 3.8) is 0 Å². The molecule has 2 aromatic heterocycles. The van der Waals surface area contributed by atoms with Crippen molar-refractivity contribution in [3.8, 4) is 0 Å². The van der Waals surface area contributed by atoms with Gasteiger partial charge in [0.1, 0.15) is 6.54 Å². The number of nitrogen functional groups attached to an aromatic ring is 1. The van der Waals surface area contributed by atoms with E-state index in [2.05, 4.69) is 15.1 Å². The molecular formula is C18H18ClN5O3. The van der Waals surface area contributed by atoms with Crippen LogP contribution in [-0.4, -0.2) is 26.3 Å². The number of rotatable bonds is 4. The van der Waals surface area contributed by atoms with Crippen LogP contribution in [0.1, 0.15) is 41.3 Å². The van der Waals surface area contributed by atoms with Crippen molar-refractivity contribution in [1.82, 2.24) is 19.7 Å². The summed E-state index contributed by atoms with van der Waals surface area (Å²) in [6.07, 6.45) is 2.16. The second-order valence-electron chi connectivity index (χ2n) is 6.54. The van der Waals surface area contributed by atoms with Crippen LogP contribution >= 0.6 is 11.6 Å². The summed E-state index contributed by atoms with van der Waals surface area (Å²) in [6, 6.07) is 7.60. The molecule has 0 spiro atoms. The second kappa shape index (κ2) is 7.13. The first-order chi connectivity index (χ1) is 13.0. The lowest BCUT2D eigenvalue weighted by Gasteiger charge is -2.09. The lowest BCUT2D eigenvalue weighted by Crippen LogP contribution is -2.26. The summed E-state index contributed by atoms with van der Waals surface area (Å²) in [5, 5.41) is 4.75. The third-order valence-corrected chi connectivity index (χ3v) is 4.88. The van der Waals surface area contributed by atoms with E-state index in [-0.39, 0.29) is 30.1 Å². The van der Waals surface area contributed by atoms with Gasteiger partial charge in [-0.25, -0.2) is 4.98 Å². The average molecular weight is 388 g/mol. The van der Waals surface area contributed by atoms with Gasteiger partial charge in [0.05, 0.1) is 12.7 Å². The number of aromatic nitrogens is 4. The maximum Gasteiger partial charge on any atom is 0.258 e. The summed E-state index contributed by atoms with van der Waals surface area (Å²) in [7, 11) is 0. The number of anilines is 1. The zero-order valence-corrected chi connectivity index (χ0v) is 15.4. The van der Waals surface area contributed by atoms with Gasteiger partial charge in [0.2, 0.25) is 11.8 Å². The van der Waals surface area contributed by atoms with E-state index in [4.69, 9.17) is 26.6 Å². The topological polar surface area (TPSA) is 109 Å². The molecule has 9 heteroatoms. The largest absolute Gasteiger partial charge is 0.373 e. The first-order valence-corrected chi connectivity index (χ1v) is 8.90. The van der Waals surface area contributed by atoms with Gasteiger partial charge in [-0.05, 0) is 31.0 Å². The number of aryl methyl sites for hydroxylation is 1. The molecule has 0 unspecified atom stereocenters. The first-order valence-electron chi connectivity index (χ1n) is 8.52. The van der Waals surface area contributed by atoms with Crippen LogP contribution < -0.4 is 11.3 Å². The third kappa shape index (κ3) is 3.58. The summed E-state index contributed by atoms with van der Waals surface area (Å²) in [6.45, 7) is 2.26. The summed E-state index contributed by atoms with van der Waals surface area (Å²) in [5.74, 6) is 1.00. The number of hydrogen-bond donors (Lipinski definition) is 1. The van der Waals surface area contributed by atoms with Gasteiger partial charge in [-0.15, -0.1) is 0 Å². The third-order valence-electron chi connectivity index (χ3n) is 4.63. The van der Waals surface area contributed by atoms with E-state index in [0.717, 1.165) is 12.0 Å². The van der Waals surface area contributed by atoms with Gasteiger partial charge >= 0.3 is 0 Å². The minimum Gasteiger partial charge on any atom is -0.373 e. The second-order valence-corrected chi connectivity index (χ2v) is 6.98. The molecule has 140 valence electrons. The molecule has 1 aromatic carbocycles. The van der Waals surface area contributed by atoms with E-state index in [1.165, 1.54) is 10.8 Å². The monoisotopic (exact) mass is 387 g/mol. The zero-order chi connectivity index (χ0) is 19.0. The number of nitrogens with two attached hydrogens (primary N) is 1. The zero-order valence-electron chi connectivity index (χ0n) is 14.6. The van der Waals surface area contributed by atoms with E-state index in [1.807, 2.05) is 24.3 Å². The lowest BCUT2D eigenvalue weighted by molar-refractivity contribution is 0.110. The van der Waals surface area contributed by atoms with E-state index < -0.39 is 0 Å². The first kappa shape index (κ1) is 17.7. The molecule has 2 N–H and O–H groups in total. The van der Waals surface area contributed by atoms with Gasteiger partial charge in [-0.2, -0.15) is 4.98 Å². The molecule has 1 saturated heterocycles. The molecule has 0 bridgehead atoms. The molecule has 27 heavy (non-hydrogen) atoms. The molecule has 1 aliphatic heterocycles. The number of ether oxygens (including phenoxy) is 1. The summed E-state index contributed by atoms with van der Waals surface area (Å²) < 4.78 is 12.5. The predicted molar refractivity (Wildman–Crippen MR) is 98.5 cm³/mol. The Hall–Kier alpha value is -2.71. The quantitative estimate of drug-likeness (QED) is 0.732. The van der Waals surface area contributed by atoms with Gasteiger partial charge in [-0.3, -0.25) is 9.36 Å². The molecule has 0 radical (unpaired) electrons. The highest BCUT2D eigenvalue weighted by Gasteiger charge is 2.31. The molecule has 1 aliphatic rings. The molecule has 2 atom stereocenters. The van der Waals surface area contributed by atoms with Gasteiger partial charge in [0, 0.05) is 22.7 Å². The molecule has 3 heterocycles. The van der Waals surface area contributed by atoms with Crippen molar-refractivity contribution < 1.29 is 9.26 Å². The van der Waals surface area contributed by atoms with Crippen molar-refractivity contribution in [3.05, 3.63) is 68.7 Å².